The van der Waals surface area contributed by atoms with E-state index in [9.17, 15) is 0 Å². The molecule has 0 aliphatic carbocycles. The third-order valence-electron chi connectivity index (χ3n) is 2.85. The van der Waals surface area contributed by atoms with E-state index < -0.39 is 0 Å². The van der Waals surface area contributed by atoms with Gasteiger partial charge in [-0.1, -0.05) is 0 Å². The maximum atomic E-state index is 8.79. The van der Waals surface area contributed by atoms with E-state index >= 15 is 0 Å². The zero-order valence-electron chi connectivity index (χ0n) is 11.5. The Morgan fingerprint density at radius 2 is 1.84 bits per heavy atom. The van der Waals surface area contributed by atoms with Gasteiger partial charge in [-0.05, 0) is 50.3 Å². The fourth-order valence-electron chi connectivity index (χ4n) is 1.75. The van der Waals surface area contributed by atoms with Crippen LogP contribution in [0.5, 0.6) is 0 Å². The molecule has 6 heteroatoms. The van der Waals surface area contributed by atoms with Crippen LogP contribution in [0.2, 0.25) is 0 Å². The number of hydrogen-bond donors (Lipinski definition) is 3. The van der Waals surface area contributed by atoms with Crippen LogP contribution in [-0.4, -0.2) is 41.5 Å². The summed E-state index contributed by atoms with van der Waals surface area (Å²) in [7, 11) is 0. The minimum Gasteiger partial charge on any atom is -0.394 e. The highest BCUT2D eigenvalue weighted by Gasteiger charge is 2.05. The summed E-state index contributed by atoms with van der Waals surface area (Å²) in [6.45, 7) is 6.50. The monoisotopic (exact) mass is 282 g/mol. The molecule has 0 aliphatic rings. The second kappa shape index (κ2) is 7.93. The normalized spacial score (nSPS) is 10.1. The molecule has 106 valence electrons. The Morgan fingerprint density at radius 1 is 1.26 bits per heavy atom. The van der Waals surface area contributed by atoms with E-state index in [-0.39, 0.29) is 6.61 Å². The number of nitrogens with two attached hydrogens (primary N) is 1. The van der Waals surface area contributed by atoms with Gasteiger partial charge in [-0.2, -0.15) is 0 Å². The second-order valence-electron chi connectivity index (χ2n) is 4.07. The number of aliphatic hydroxyl groups is 1. The number of aliphatic hydroxyl groups excluding tert-OH is 1. The molecule has 0 atom stereocenters. The lowest BCUT2D eigenvalue weighted by atomic mass is 10.2. The first-order chi connectivity index (χ1) is 9.12. The van der Waals surface area contributed by atoms with Gasteiger partial charge in [0.2, 0.25) is 0 Å². The van der Waals surface area contributed by atoms with Gasteiger partial charge in [-0.3, -0.25) is 5.01 Å². The molecule has 19 heavy (non-hydrogen) atoms. The predicted octanol–water partition coefficient (Wildman–Crippen LogP) is 1.40. The summed E-state index contributed by atoms with van der Waals surface area (Å²) < 4.78 is 0. The Kier molecular flexibility index (Phi) is 6.55. The lowest BCUT2D eigenvalue weighted by Crippen LogP contribution is -2.42. The molecule has 0 spiro atoms. The first kappa shape index (κ1) is 15.7. The highest BCUT2D eigenvalue weighted by Crippen LogP contribution is 2.17. The molecule has 0 aliphatic heterocycles. The van der Waals surface area contributed by atoms with Crippen LogP contribution in [0.25, 0.3) is 0 Å². The molecule has 0 fully saturated rings. The number of rotatable bonds is 6. The van der Waals surface area contributed by atoms with Crippen molar-refractivity contribution in [3.05, 3.63) is 24.3 Å². The number of thiocarbonyl (C=S) groups is 1. The van der Waals surface area contributed by atoms with E-state index in [1.807, 2.05) is 24.3 Å². The van der Waals surface area contributed by atoms with Crippen LogP contribution >= 0.6 is 12.2 Å². The number of hydrogen-bond acceptors (Lipinski definition) is 4. The van der Waals surface area contributed by atoms with Crippen molar-refractivity contribution in [3.8, 4) is 0 Å². The van der Waals surface area contributed by atoms with E-state index in [1.54, 1.807) is 0 Å². The number of nitrogens with zero attached hydrogens (tertiary/aromatic N) is 2. The van der Waals surface area contributed by atoms with Gasteiger partial charge in [0, 0.05) is 24.5 Å². The third kappa shape index (κ3) is 4.66. The zero-order chi connectivity index (χ0) is 14.3. The van der Waals surface area contributed by atoms with Crippen molar-refractivity contribution in [2.45, 2.75) is 13.8 Å². The fourth-order valence-corrected chi connectivity index (χ4v) is 1.96. The molecule has 1 aromatic rings. The van der Waals surface area contributed by atoms with Crippen LogP contribution in [0.15, 0.2) is 24.3 Å². The van der Waals surface area contributed by atoms with Crippen LogP contribution in [0, 0.1) is 0 Å². The van der Waals surface area contributed by atoms with Crippen molar-refractivity contribution in [3.63, 3.8) is 0 Å². The quantitative estimate of drug-likeness (QED) is 0.416. The molecule has 1 rings (SSSR count). The standard InChI is InChI=1S/C13H22N4OS/c1-3-16(4-2)12-7-5-11(6-8-12)15-13(19)17(14)9-10-18/h5-8,18H,3-4,9-10,14H2,1-2H3,(H,15,19). The molecule has 1 aromatic carbocycles. The molecule has 0 bridgehead atoms. The molecule has 0 heterocycles. The topological polar surface area (TPSA) is 64.8 Å². The SMILES string of the molecule is CCN(CC)c1ccc(NC(=S)N(N)CCO)cc1. The van der Waals surface area contributed by atoms with Gasteiger partial charge in [-0.15, -0.1) is 0 Å². The van der Waals surface area contributed by atoms with Crippen molar-refractivity contribution in [2.24, 2.45) is 5.84 Å². The van der Waals surface area contributed by atoms with Crippen LogP contribution in [0.4, 0.5) is 11.4 Å². The summed E-state index contributed by atoms with van der Waals surface area (Å²) in [5.41, 5.74) is 2.07. The number of anilines is 2. The Hall–Kier alpha value is -1.37. The summed E-state index contributed by atoms with van der Waals surface area (Å²) in [5.74, 6) is 5.66. The van der Waals surface area contributed by atoms with Gasteiger partial charge in [-0.25, -0.2) is 5.84 Å². The summed E-state index contributed by atoms with van der Waals surface area (Å²) >= 11 is 5.12. The number of hydrazine groups is 1. The van der Waals surface area contributed by atoms with E-state index in [0.717, 1.165) is 18.8 Å². The van der Waals surface area contributed by atoms with Crippen LogP contribution in [0.1, 0.15) is 13.8 Å². The predicted molar refractivity (Wildman–Crippen MR) is 84.2 cm³/mol. The van der Waals surface area contributed by atoms with E-state index in [0.29, 0.717) is 11.7 Å². The summed E-state index contributed by atoms with van der Waals surface area (Å²) in [5, 5.41) is 13.5. The fraction of sp³-hybridized carbons (Fsp3) is 0.462. The molecule has 0 amide bonds. The van der Waals surface area contributed by atoms with Crippen LogP contribution in [0.3, 0.4) is 0 Å². The zero-order valence-corrected chi connectivity index (χ0v) is 12.3. The third-order valence-corrected chi connectivity index (χ3v) is 3.19. The van der Waals surface area contributed by atoms with E-state index in [4.69, 9.17) is 23.2 Å². The molecule has 4 N–H and O–H groups in total. The minimum atomic E-state index is -0.0286. The second-order valence-corrected chi connectivity index (χ2v) is 4.45. The summed E-state index contributed by atoms with van der Waals surface area (Å²) in [6.07, 6.45) is 0. The smallest absolute Gasteiger partial charge is 0.187 e. The Morgan fingerprint density at radius 3 is 2.32 bits per heavy atom. The van der Waals surface area contributed by atoms with Crippen molar-refractivity contribution < 1.29 is 5.11 Å². The highest BCUT2D eigenvalue weighted by atomic mass is 32.1. The molecule has 0 aromatic heterocycles. The maximum Gasteiger partial charge on any atom is 0.187 e. The van der Waals surface area contributed by atoms with Crippen molar-refractivity contribution in [1.29, 1.82) is 0 Å². The Balaban J connectivity index is 2.64. The van der Waals surface area contributed by atoms with Gasteiger partial charge in [0.05, 0.1) is 13.2 Å². The van der Waals surface area contributed by atoms with E-state index in [2.05, 4.69) is 24.1 Å². The molecular formula is C13H22N4OS. The first-order valence-electron chi connectivity index (χ1n) is 6.41. The van der Waals surface area contributed by atoms with Crippen molar-refractivity contribution in [2.75, 3.05) is 36.5 Å². The Labute approximate surface area is 120 Å². The molecular weight excluding hydrogens is 260 g/mol. The van der Waals surface area contributed by atoms with Gasteiger partial charge >= 0.3 is 0 Å². The molecule has 0 saturated carbocycles. The summed E-state index contributed by atoms with van der Waals surface area (Å²) in [6, 6.07) is 8.02. The molecule has 5 nitrogen and oxygen atoms in total. The average molecular weight is 282 g/mol. The van der Waals surface area contributed by atoms with Crippen LogP contribution < -0.4 is 16.1 Å². The lowest BCUT2D eigenvalue weighted by molar-refractivity contribution is 0.253. The maximum absolute atomic E-state index is 8.79. The largest absolute Gasteiger partial charge is 0.394 e. The number of nitrogens with one attached hydrogen (secondary N) is 1. The molecule has 0 saturated heterocycles. The van der Waals surface area contributed by atoms with Crippen molar-refractivity contribution >= 4 is 28.7 Å². The first-order valence-corrected chi connectivity index (χ1v) is 6.82. The van der Waals surface area contributed by atoms with Gasteiger partial charge in [0.25, 0.3) is 0 Å². The average Bonchev–Trinajstić information content (AvgIpc) is 2.42. The summed E-state index contributed by atoms with van der Waals surface area (Å²) in [4.78, 5) is 2.27. The van der Waals surface area contributed by atoms with Gasteiger partial charge in [0.1, 0.15) is 0 Å². The van der Waals surface area contributed by atoms with Crippen LogP contribution in [-0.2, 0) is 0 Å². The highest BCUT2D eigenvalue weighted by molar-refractivity contribution is 7.80. The minimum absolute atomic E-state index is 0.0286. The van der Waals surface area contributed by atoms with Crippen molar-refractivity contribution in [1.82, 2.24) is 5.01 Å². The lowest BCUT2D eigenvalue weighted by Gasteiger charge is -2.22. The number of benzene rings is 1. The molecule has 0 unspecified atom stereocenters. The van der Waals surface area contributed by atoms with Gasteiger partial charge < -0.3 is 15.3 Å². The molecule has 0 radical (unpaired) electrons. The van der Waals surface area contributed by atoms with E-state index in [1.165, 1.54) is 10.7 Å². The Bertz CT molecular complexity index is 392. The van der Waals surface area contributed by atoms with Gasteiger partial charge in [0.15, 0.2) is 5.11 Å².